The molecule has 3 N–H and O–H groups in total. The third-order valence-corrected chi connectivity index (χ3v) is 4.58. The van der Waals surface area contributed by atoms with Crippen LogP contribution in [-0.4, -0.2) is 34.3 Å². The Morgan fingerprint density at radius 3 is 2.17 bits per heavy atom. The van der Waals surface area contributed by atoms with Crippen molar-refractivity contribution in [2.45, 2.75) is 38.6 Å². The van der Waals surface area contributed by atoms with Gasteiger partial charge >= 0.3 is 5.97 Å². The van der Waals surface area contributed by atoms with Gasteiger partial charge in [-0.25, -0.2) is 0 Å². The minimum Gasteiger partial charge on any atom is -0.481 e. The average molecular weight is 332 g/mol. The van der Waals surface area contributed by atoms with Crippen molar-refractivity contribution in [3.8, 4) is 0 Å². The molecule has 6 heteroatoms. The Balaban J connectivity index is 2.01. The molecule has 1 aromatic carbocycles. The molecule has 0 unspecified atom stereocenters. The topological polar surface area (TPSA) is 101 Å². The molecular formula is C18H24N2O4. The van der Waals surface area contributed by atoms with Gasteiger partial charge in [-0.3, -0.25) is 14.4 Å². The molecule has 1 saturated carbocycles. The highest BCUT2D eigenvalue weighted by atomic mass is 16.4. The van der Waals surface area contributed by atoms with Crippen LogP contribution < -0.4 is 5.73 Å². The van der Waals surface area contributed by atoms with Crippen molar-refractivity contribution in [2.24, 2.45) is 17.6 Å². The van der Waals surface area contributed by atoms with Gasteiger partial charge in [0.05, 0.1) is 5.92 Å². The number of hydrogen-bond donors (Lipinski definition) is 2. The van der Waals surface area contributed by atoms with E-state index in [4.69, 9.17) is 10.8 Å². The Kier molecular flexibility index (Phi) is 6.35. The largest absolute Gasteiger partial charge is 0.481 e. The first-order chi connectivity index (χ1) is 11.5. The van der Waals surface area contributed by atoms with Crippen molar-refractivity contribution in [2.75, 3.05) is 6.54 Å². The summed E-state index contributed by atoms with van der Waals surface area (Å²) < 4.78 is 0. The quantitative estimate of drug-likeness (QED) is 0.794. The van der Waals surface area contributed by atoms with Crippen LogP contribution in [0, 0.1) is 11.8 Å². The monoisotopic (exact) mass is 332 g/mol. The molecule has 1 aromatic rings. The highest BCUT2D eigenvalue weighted by Crippen LogP contribution is 2.30. The fourth-order valence-electron chi connectivity index (χ4n) is 3.16. The van der Waals surface area contributed by atoms with Crippen LogP contribution in [0.4, 0.5) is 0 Å². The van der Waals surface area contributed by atoms with Crippen molar-refractivity contribution in [3.63, 3.8) is 0 Å². The Bertz CT molecular complexity index is 580. The molecule has 130 valence electrons. The van der Waals surface area contributed by atoms with Crippen molar-refractivity contribution in [3.05, 3.63) is 35.9 Å². The van der Waals surface area contributed by atoms with Crippen LogP contribution in [0.25, 0.3) is 0 Å². The molecule has 1 aliphatic rings. The molecule has 0 atom stereocenters. The number of benzene rings is 1. The molecule has 0 spiro atoms. The highest BCUT2D eigenvalue weighted by molar-refractivity contribution is 5.80. The average Bonchev–Trinajstić information content (AvgIpc) is 2.58. The fraction of sp³-hybridized carbons (Fsp3) is 0.500. The summed E-state index contributed by atoms with van der Waals surface area (Å²) in [6.45, 7) is 0.730. The van der Waals surface area contributed by atoms with E-state index in [9.17, 15) is 14.4 Å². The number of nitrogens with zero attached hydrogens (tertiary/aromatic N) is 1. The molecule has 0 saturated heterocycles. The van der Waals surface area contributed by atoms with E-state index >= 15 is 0 Å². The van der Waals surface area contributed by atoms with Gasteiger partial charge in [0.25, 0.3) is 0 Å². The van der Waals surface area contributed by atoms with Gasteiger partial charge in [0.2, 0.25) is 11.8 Å². The molecule has 2 rings (SSSR count). The second-order valence-corrected chi connectivity index (χ2v) is 6.35. The maximum Gasteiger partial charge on any atom is 0.306 e. The maximum atomic E-state index is 12.8. The minimum atomic E-state index is -0.782. The van der Waals surface area contributed by atoms with Gasteiger partial charge in [0.1, 0.15) is 0 Å². The number of amides is 2. The second kappa shape index (κ2) is 8.47. The zero-order valence-electron chi connectivity index (χ0n) is 13.7. The molecule has 0 heterocycles. The van der Waals surface area contributed by atoms with Crippen molar-refractivity contribution in [1.82, 2.24) is 4.90 Å². The van der Waals surface area contributed by atoms with Crippen LogP contribution in [0.2, 0.25) is 0 Å². The van der Waals surface area contributed by atoms with Gasteiger partial charge < -0.3 is 15.7 Å². The molecule has 6 nitrogen and oxygen atoms in total. The molecule has 0 aromatic heterocycles. The number of carboxylic acids is 1. The summed E-state index contributed by atoms with van der Waals surface area (Å²) in [5.74, 6) is -1.74. The summed E-state index contributed by atoms with van der Waals surface area (Å²) >= 11 is 0. The summed E-state index contributed by atoms with van der Waals surface area (Å²) in [6.07, 6.45) is 2.35. The second-order valence-electron chi connectivity index (χ2n) is 6.35. The summed E-state index contributed by atoms with van der Waals surface area (Å²) in [4.78, 5) is 36.6. The molecule has 2 amide bonds. The number of rotatable bonds is 7. The van der Waals surface area contributed by atoms with E-state index in [2.05, 4.69) is 0 Å². The van der Waals surface area contributed by atoms with Crippen LogP contribution in [-0.2, 0) is 20.9 Å². The molecular weight excluding hydrogens is 308 g/mol. The lowest BCUT2D eigenvalue weighted by Crippen LogP contribution is -2.39. The summed E-state index contributed by atoms with van der Waals surface area (Å²) in [6, 6.07) is 9.60. The van der Waals surface area contributed by atoms with Gasteiger partial charge in [-0.1, -0.05) is 30.3 Å². The van der Waals surface area contributed by atoms with Gasteiger partial charge in [-0.05, 0) is 31.2 Å². The smallest absolute Gasteiger partial charge is 0.306 e. The number of carbonyl (C=O) groups excluding carboxylic acids is 2. The molecule has 0 bridgehead atoms. The number of hydrogen-bond acceptors (Lipinski definition) is 3. The summed E-state index contributed by atoms with van der Waals surface area (Å²) in [5.41, 5.74) is 6.22. The predicted molar refractivity (Wildman–Crippen MR) is 88.8 cm³/mol. The highest BCUT2D eigenvalue weighted by Gasteiger charge is 2.32. The lowest BCUT2D eigenvalue weighted by Gasteiger charge is -2.31. The lowest BCUT2D eigenvalue weighted by molar-refractivity contribution is -0.146. The van der Waals surface area contributed by atoms with E-state index < -0.39 is 11.9 Å². The number of aliphatic carboxylic acids is 1. The first-order valence-corrected chi connectivity index (χ1v) is 8.31. The van der Waals surface area contributed by atoms with Crippen LogP contribution >= 0.6 is 0 Å². The van der Waals surface area contributed by atoms with Crippen molar-refractivity contribution in [1.29, 1.82) is 0 Å². The van der Waals surface area contributed by atoms with Gasteiger partial charge in [0, 0.05) is 25.4 Å². The number of nitrogens with two attached hydrogens (primary N) is 1. The molecule has 0 radical (unpaired) electrons. The molecule has 1 fully saturated rings. The Labute approximate surface area is 141 Å². The van der Waals surface area contributed by atoms with E-state index in [1.165, 1.54) is 0 Å². The van der Waals surface area contributed by atoms with Crippen LogP contribution in [0.15, 0.2) is 30.3 Å². The van der Waals surface area contributed by atoms with E-state index in [0.717, 1.165) is 5.56 Å². The van der Waals surface area contributed by atoms with Crippen molar-refractivity contribution >= 4 is 17.8 Å². The standard InChI is InChI=1S/C18H24N2O4/c19-16(21)10-11-20(12-13-4-2-1-3-5-13)17(22)14-6-8-15(9-7-14)18(23)24/h1-5,14-15H,6-12H2,(H2,19,21)(H,23,24). The summed E-state index contributed by atoms with van der Waals surface area (Å²) in [7, 11) is 0. The Hall–Kier alpha value is -2.37. The van der Waals surface area contributed by atoms with E-state index in [1.54, 1.807) is 4.90 Å². The third kappa shape index (κ3) is 5.08. The molecule has 1 aliphatic carbocycles. The van der Waals surface area contributed by atoms with Gasteiger partial charge in [-0.15, -0.1) is 0 Å². The van der Waals surface area contributed by atoms with Crippen molar-refractivity contribution < 1.29 is 19.5 Å². The lowest BCUT2D eigenvalue weighted by atomic mass is 9.81. The number of carbonyl (C=O) groups is 3. The Morgan fingerprint density at radius 1 is 1.04 bits per heavy atom. The van der Waals surface area contributed by atoms with Crippen LogP contribution in [0.3, 0.4) is 0 Å². The zero-order valence-corrected chi connectivity index (χ0v) is 13.7. The van der Waals surface area contributed by atoms with E-state index in [-0.39, 0.29) is 24.2 Å². The Morgan fingerprint density at radius 2 is 1.62 bits per heavy atom. The van der Waals surface area contributed by atoms with E-state index in [0.29, 0.717) is 38.8 Å². The maximum absolute atomic E-state index is 12.8. The number of primary amides is 1. The van der Waals surface area contributed by atoms with Crippen LogP contribution in [0.5, 0.6) is 0 Å². The molecule has 0 aliphatic heterocycles. The molecule has 24 heavy (non-hydrogen) atoms. The van der Waals surface area contributed by atoms with E-state index in [1.807, 2.05) is 30.3 Å². The normalized spacial score (nSPS) is 20.3. The first-order valence-electron chi connectivity index (χ1n) is 8.31. The third-order valence-electron chi connectivity index (χ3n) is 4.58. The zero-order chi connectivity index (χ0) is 17.5. The van der Waals surface area contributed by atoms with Gasteiger partial charge in [-0.2, -0.15) is 0 Å². The first kappa shape index (κ1) is 18.0. The van der Waals surface area contributed by atoms with Crippen LogP contribution in [0.1, 0.15) is 37.7 Å². The SMILES string of the molecule is NC(=O)CCN(Cc1ccccc1)C(=O)C1CCC(C(=O)O)CC1. The summed E-state index contributed by atoms with van der Waals surface area (Å²) in [5, 5.41) is 9.07. The van der Waals surface area contributed by atoms with Gasteiger partial charge in [0.15, 0.2) is 0 Å². The fourth-order valence-corrected chi connectivity index (χ4v) is 3.16. The minimum absolute atomic E-state index is 0.0102. The predicted octanol–water partition coefficient (Wildman–Crippen LogP) is 1.78. The number of carboxylic acid groups (broad SMARTS) is 1.